The molecule has 2 rings (SSSR count). The molecule has 0 radical (unpaired) electrons. The van der Waals surface area contributed by atoms with Gasteiger partial charge in [0.05, 0.1) is 11.1 Å². The Balaban J connectivity index is 2.41. The molecule has 0 heterocycles. The number of aromatic carboxylic acids is 1. The van der Waals surface area contributed by atoms with Crippen molar-refractivity contribution in [1.29, 1.82) is 0 Å². The molecule has 0 saturated carbocycles. The molecule has 0 aliphatic carbocycles. The zero-order chi connectivity index (χ0) is 17.5. The molecule has 0 unspecified atom stereocenters. The summed E-state index contributed by atoms with van der Waals surface area (Å²) in [4.78, 5) is 24.3. The Hall–Kier alpha value is -2.62. The maximum atomic E-state index is 12.8. The number of aromatic hydroxyl groups is 1. The van der Waals surface area contributed by atoms with E-state index in [1.165, 1.54) is 12.1 Å². The molecule has 24 heavy (non-hydrogen) atoms. The number of phenolic OH excluding ortho intramolecular Hbond substituents is 1. The highest BCUT2D eigenvalue weighted by molar-refractivity contribution is 6.12. The standard InChI is InChI=1S/C20H22O4/c1-2-3-4-5-9-14-15(11-8-12-16(14)20(23)24)19(22)17-10-6-7-13-18(17)21/h6-8,10-13,21H,2-5,9H2,1H3,(H,23,24). The summed E-state index contributed by atoms with van der Waals surface area (Å²) >= 11 is 0. The highest BCUT2D eigenvalue weighted by Crippen LogP contribution is 2.25. The first kappa shape index (κ1) is 17.7. The van der Waals surface area contributed by atoms with Crippen LogP contribution in [0.1, 0.15) is 64.4 Å². The van der Waals surface area contributed by atoms with Gasteiger partial charge in [-0.3, -0.25) is 4.79 Å². The fraction of sp³-hybridized carbons (Fsp3) is 0.300. The SMILES string of the molecule is CCCCCCc1c(C(=O)O)cccc1C(=O)c1ccccc1O. The lowest BCUT2D eigenvalue weighted by atomic mass is 9.91. The van der Waals surface area contributed by atoms with Gasteiger partial charge in [0.1, 0.15) is 5.75 Å². The van der Waals surface area contributed by atoms with E-state index in [0.29, 0.717) is 17.5 Å². The number of hydrogen-bond acceptors (Lipinski definition) is 3. The number of carbonyl (C=O) groups is 2. The summed E-state index contributed by atoms with van der Waals surface area (Å²) in [5.41, 5.74) is 1.25. The summed E-state index contributed by atoms with van der Waals surface area (Å²) in [6.45, 7) is 2.11. The van der Waals surface area contributed by atoms with Crippen LogP contribution in [0.4, 0.5) is 0 Å². The van der Waals surface area contributed by atoms with E-state index in [9.17, 15) is 19.8 Å². The Morgan fingerprint density at radius 3 is 2.21 bits per heavy atom. The average Bonchev–Trinajstić information content (AvgIpc) is 2.58. The molecule has 0 spiro atoms. The minimum Gasteiger partial charge on any atom is -0.507 e. The number of para-hydroxylation sites is 1. The van der Waals surface area contributed by atoms with Crippen molar-refractivity contribution in [2.24, 2.45) is 0 Å². The first-order chi connectivity index (χ1) is 11.6. The van der Waals surface area contributed by atoms with Gasteiger partial charge in [0.15, 0.2) is 5.78 Å². The van der Waals surface area contributed by atoms with Gasteiger partial charge in [0.25, 0.3) is 0 Å². The minimum absolute atomic E-state index is 0.0971. The largest absolute Gasteiger partial charge is 0.507 e. The van der Waals surface area contributed by atoms with Gasteiger partial charge in [-0.1, -0.05) is 50.5 Å². The van der Waals surface area contributed by atoms with E-state index < -0.39 is 5.97 Å². The third-order valence-electron chi connectivity index (χ3n) is 4.08. The van der Waals surface area contributed by atoms with E-state index in [1.54, 1.807) is 30.3 Å². The van der Waals surface area contributed by atoms with Crippen LogP contribution in [0, 0.1) is 0 Å². The Morgan fingerprint density at radius 2 is 1.54 bits per heavy atom. The van der Waals surface area contributed by atoms with Crippen LogP contribution in [-0.2, 0) is 6.42 Å². The molecule has 0 aliphatic heterocycles. The van der Waals surface area contributed by atoms with E-state index in [0.717, 1.165) is 25.7 Å². The predicted molar refractivity (Wildman–Crippen MR) is 92.8 cm³/mol. The summed E-state index contributed by atoms with van der Waals surface area (Å²) in [6.07, 6.45) is 4.53. The number of rotatable bonds is 8. The zero-order valence-electron chi connectivity index (χ0n) is 13.8. The number of phenols is 1. The number of benzene rings is 2. The van der Waals surface area contributed by atoms with Crippen molar-refractivity contribution >= 4 is 11.8 Å². The van der Waals surface area contributed by atoms with Gasteiger partial charge in [-0.05, 0) is 36.6 Å². The van der Waals surface area contributed by atoms with Crippen LogP contribution in [-0.4, -0.2) is 22.0 Å². The number of ketones is 1. The maximum Gasteiger partial charge on any atom is 0.335 e. The van der Waals surface area contributed by atoms with Crippen LogP contribution in [0.3, 0.4) is 0 Å². The number of carbonyl (C=O) groups excluding carboxylic acids is 1. The van der Waals surface area contributed by atoms with Gasteiger partial charge in [-0.15, -0.1) is 0 Å². The predicted octanol–water partition coefficient (Wildman–Crippen LogP) is 4.44. The molecule has 2 aromatic rings. The van der Waals surface area contributed by atoms with Crippen molar-refractivity contribution in [3.8, 4) is 5.75 Å². The molecule has 126 valence electrons. The monoisotopic (exact) mass is 326 g/mol. The highest BCUT2D eigenvalue weighted by atomic mass is 16.4. The Kier molecular flexibility index (Phi) is 6.13. The maximum absolute atomic E-state index is 12.8. The lowest BCUT2D eigenvalue weighted by Crippen LogP contribution is -2.11. The molecular weight excluding hydrogens is 304 g/mol. The average molecular weight is 326 g/mol. The molecule has 0 saturated heterocycles. The molecule has 0 aromatic heterocycles. The van der Waals surface area contributed by atoms with Crippen LogP contribution in [0.2, 0.25) is 0 Å². The van der Waals surface area contributed by atoms with E-state index in [2.05, 4.69) is 6.92 Å². The zero-order valence-corrected chi connectivity index (χ0v) is 13.8. The summed E-state index contributed by atoms with van der Waals surface area (Å²) in [7, 11) is 0. The number of hydrogen-bond donors (Lipinski definition) is 2. The normalized spacial score (nSPS) is 10.5. The van der Waals surface area contributed by atoms with Gasteiger partial charge < -0.3 is 10.2 Å². The van der Waals surface area contributed by atoms with Crippen molar-refractivity contribution in [3.63, 3.8) is 0 Å². The van der Waals surface area contributed by atoms with Crippen LogP contribution in [0.5, 0.6) is 5.75 Å². The minimum atomic E-state index is -1.03. The lowest BCUT2D eigenvalue weighted by molar-refractivity contribution is 0.0695. The number of carboxylic acids is 1. The quantitative estimate of drug-likeness (QED) is 0.555. The highest BCUT2D eigenvalue weighted by Gasteiger charge is 2.20. The van der Waals surface area contributed by atoms with Gasteiger partial charge >= 0.3 is 5.97 Å². The van der Waals surface area contributed by atoms with Gasteiger partial charge in [0, 0.05) is 5.56 Å². The van der Waals surface area contributed by atoms with Crippen LogP contribution in [0.25, 0.3) is 0 Å². The van der Waals surface area contributed by atoms with Crippen molar-refractivity contribution in [2.75, 3.05) is 0 Å². The van der Waals surface area contributed by atoms with Crippen molar-refractivity contribution < 1.29 is 19.8 Å². The second-order valence-electron chi connectivity index (χ2n) is 5.79. The van der Waals surface area contributed by atoms with E-state index in [1.807, 2.05) is 0 Å². The van der Waals surface area contributed by atoms with E-state index in [4.69, 9.17) is 0 Å². The number of unbranched alkanes of at least 4 members (excludes halogenated alkanes) is 3. The fourth-order valence-corrected chi connectivity index (χ4v) is 2.81. The smallest absolute Gasteiger partial charge is 0.335 e. The Morgan fingerprint density at radius 1 is 0.875 bits per heavy atom. The van der Waals surface area contributed by atoms with Gasteiger partial charge in [-0.2, -0.15) is 0 Å². The molecule has 2 aromatic carbocycles. The Bertz CT molecular complexity index is 734. The van der Waals surface area contributed by atoms with E-state index >= 15 is 0 Å². The molecule has 0 atom stereocenters. The first-order valence-corrected chi connectivity index (χ1v) is 8.24. The molecule has 4 heteroatoms. The molecule has 0 aliphatic rings. The van der Waals surface area contributed by atoms with Crippen molar-refractivity contribution in [1.82, 2.24) is 0 Å². The van der Waals surface area contributed by atoms with Crippen LogP contribution < -0.4 is 0 Å². The Labute approximate surface area is 141 Å². The van der Waals surface area contributed by atoms with Gasteiger partial charge in [0.2, 0.25) is 0 Å². The molecule has 0 amide bonds. The summed E-state index contributed by atoms with van der Waals surface area (Å²) in [5.74, 6) is -1.48. The molecule has 0 bridgehead atoms. The van der Waals surface area contributed by atoms with Crippen LogP contribution in [0.15, 0.2) is 42.5 Å². The summed E-state index contributed by atoms with van der Waals surface area (Å²) in [6, 6.07) is 11.1. The third kappa shape index (κ3) is 4.02. The molecule has 0 fully saturated rings. The molecule has 2 N–H and O–H groups in total. The second kappa shape index (κ2) is 8.29. The van der Waals surface area contributed by atoms with Gasteiger partial charge in [-0.25, -0.2) is 4.79 Å². The number of carboxylic acid groups (broad SMARTS) is 1. The lowest BCUT2D eigenvalue weighted by Gasteiger charge is -2.13. The third-order valence-corrected chi connectivity index (χ3v) is 4.08. The first-order valence-electron chi connectivity index (χ1n) is 8.24. The molecular formula is C20H22O4. The van der Waals surface area contributed by atoms with Crippen molar-refractivity contribution in [2.45, 2.75) is 39.0 Å². The second-order valence-corrected chi connectivity index (χ2v) is 5.79. The topological polar surface area (TPSA) is 74.6 Å². The van der Waals surface area contributed by atoms with Crippen LogP contribution >= 0.6 is 0 Å². The van der Waals surface area contributed by atoms with E-state index in [-0.39, 0.29) is 22.7 Å². The summed E-state index contributed by atoms with van der Waals surface area (Å²) < 4.78 is 0. The van der Waals surface area contributed by atoms with Crippen molar-refractivity contribution in [3.05, 3.63) is 64.7 Å². The molecule has 4 nitrogen and oxygen atoms in total. The fourth-order valence-electron chi connectivity index (χ4n) is 2.81. The summed E-state index contributed by atoms with van der Waals surface area (Å²) in [5, 5.41) is 19.4.